The zero-order valence-electron chi connectivity index (χ0n) is 17.7. The van der Waals surface area contributed by atoms with Crippen LogP contribution < -0.4 is 10.1 Å². The highest BCUT2D eigenvalue weighted by Gasteiger charge is 2.32. The maximum absolute atomic E-state index is 13.0. The molecule has 2 heterocycles. The van der Waals surface area contributed by atoms with Crippen LogP contribution in [-0.4, -0.2) is 56.0 Å². The van der Waals surface area contributed by atoms with Crippen LogP contribution in [0.1, 0.15) is 24.2 Å². The first-order chi connectivity index (χ1) is 15.2. The number of sulfonamides is 1. The second-order valence-electron chi connectivity index (χ2n) is 7.50. The third-order valence-corrected chi connectivity index (χ3v) is 8.32. The molecule has 2 atom stereocenters. The summed E-state index contributed by atoms with van der Waals surface area (Å²) < 4.78 is 39.0. The van der Waals surface area contributed by atoms with Crippen LogP contribution in [0, 0.1) is 0 Å². The first kappa shape index (κ1) is 22.9. The van der Waals surface area contributed by atoms with Gasteiger partial charge in [-0.1, -0.05) is 22.9 Å². The number of nitrogens with one attached hydrogen (secondary N) is 1. The summed E-state index contributed by atoms with van der Waals surface area (Å²) >= 11 is 7.46. The number of fused-ring (bicyclic) bond motifs is 1. The first-order valence-electron chi connectivity index (χ1n) is 9.89. The van der Waals surface area contributed by atoms with E-state index in [2.05, 4.69) is 10.3 Å². The van der Waals surface area contributed by atoms with Crippen LogP contribution in [0.25, 0.3) is 10.2 Å². The normalized spacial score (nSPS) is 19.8. The molecule has 3 aromatic rings. The molecule has 1 aliphatic heterocycles. The van der Waals surface area contributed by atoms with E-state index in [0.29, 0.717) is 44.8 Å². The summed E-state index contributed by atoms with van der Waals surface area (Å²) in [5.41, 5.74) is 0.876. The average Bonchev–Trinajstić information content (AvgIpc) is 3.18. The SMILES string of the molecule is COc1ccc(Cl)c2sc(NC(=O)c3ccc(S(=O)(=O)N4CC(C)OC(C)C4)cc3)nc12. The fraction of sp³-hybridized carbons (Fsp3) is 0.333. The van der Waals surface area contributed by atoms with E-state index in [1.54, 1.807) is 12.1 Å². The summed E-state index contributed by atoms with van der Waals surface area (Å²) in [5, 5.41) is 3.62. The highest BCUT2D eigenvalue weighted by Crippen LogP contribution is 2.37. The molecule has 11 heteroatoms. The van der Waals surface area contributed by atoms with Crippen molar-refractivity contribution in [3.8, 4) is 5.75 Å². The number of amides is 1. The summed E-state index contributed by atoms with van der Waals surface area (Å²) in [4.78, 5) is 17.2. The van der Waals surface area contributed by atoms with Gasteiger partial charge in [-0.3, -0.25) is 10.1 Å². The molecule has 170 valence electrons. The number of halogens is 1. The molecule has 4 rings (SSSR count). The quantitative estimate of drug-likeness (QED) is 0.574. The number of hydrogen-bond donors (Lipinski definition) is 1. The lowest BCUT2D eigenvalue weighted by Crippen LogP contribution is -2.48. The van der Waals surface area contributed by atoms with Gasteiger partial charge in [0.15, 0.2) is 5.13 Å². The Morgan fingerprint density at radius 1 is 1.19 bits per heavy atom. The topological polar surface area (TPSA) is 97.8 Å². The van der Waals surface area contributed by atoms with Crippen molar-refractivity contribution in [3.63, 3.8) is 0 Å². The maximum Gasteiger partial charge on any atom is 0.257 e. The van der Waals surface area contributed by atoms with Gasteiger partial charge >= 0.3 is 0 Å². The number of thiazole rings is 1. The number of carbonyl (C=O) groups excluding carboxylic acids is 1. The van der Waals surface area contributed by atoms with Crippen LogP contribution in [0.15, 0.2) is 41.3 Å². The number of aromatic nitrogens is 1. The standard InChI is InChI=1S/C21H22ClN3O5S2/c1-12-10-25(11-13(2)30-12)32(27,28)15-6-4-14(5-7-15)20(26)24-21-23-18-17(29-3)9-8-16(22)19(18)31-21/h4-9,12-13H,10-11H2,1-3H3,(H,23,24,26). The van der Waals surface area contributed by atoms with E-state index in [0.717, 1.165) is 0 Å². The third kappa shape index (κ3) is 4.46. The molecule has 1 N–H and O–H groups in total. The van der Waals surface area contributed by atoms with E-state index >= 15 is 0 Å². The number of nitrogens with zero attached hydrogens (tertiary/aromatic N) is 2. The van der Waals surface area contributed by atoms with Crippen molar-refractivity contribution >= 4 is 54.2 Å². The van der Waals surface area contributed by atoms with Crippen molar-refractivity contribution in [2.24, 2.45) is 0 Å². The summed E-state index contributed by atoms with van der Waals surface area (Å²) in [5.74, 6) is 0.152. The Hall–Kier alpha value is -2.24. The molecule has 0 aliphatic carbocycles. The molecule has 8 nitrogen and oxygen atoms in total. The van der Waals surface area contributed by atoms with Crippen LogP contribution in [0.5, 0.6) is 5.75 Å². The maximum atomic E-state index is 13.0. The molecule has 2 aromatic carbocycles. The molecule has 2 unspecified atom stereocenters. The molecule has 1 aliphatic rings. The highest BCUT2D eigenvalue weighted by atomic mass is 35.5. The first-order valence-corrected chi connectivity index (χ1v) is 12.5. The van der Waals surface area contributed by atoms with Crippen molar-refractivity contribution in [2.75, 3.05) is 25.5 Å². The minimum Gasteiger partial charge on any atom is -0.494 e. The van der Waals surface area contributed by atoms with Crippen molar-refractivity contribution < 1.29 is 22.7 Å². The molecule has 0 bridgehead atoms. The van der Waals surface area contributed by atoms with Crippen molar-refractivity contribution in [1.29, 1.82) is 0 Å². The predicted octanol–water partition coefficient (Wildman–Crippen LogP) is 4.01. The zero-order chi connectivity index (χ0) is 23.0. The van der Waals surface area contributed by atoms with Crippen LogP contribution in [-0.2, 0) is 14.8 Å². The zero-order valence-corrected chi connectivity index (χ0v) is 20.1. The van der Waals surface area contributed by atoms with Crippen molar-refractivity contribution in [2.45, 2.75) is 31.0 Å². The fourth-order valence-electron chi connectivity index (χ4n) is 3.59. The average molecular weight is 496 g/mol. The molecule has 0 radical (unpaired) electrons. The molecule has 1 saturated heterocycles. The van der Waals surface area contributed by atoms with E-state index in [1.807, 2.05) is 13.8 Å². The predicted molar refractivity (Wildman–Crippen MR) is 124 cm³/mol. The summed E-state index contributed by atoms with van der Waals surface area (Å²) in [6.07, 6.45) is -0.362. The Morgan fingerprint density at radius 2 is 1.84 bits per heavy atom. The van der Waals surface area contributed by atoms with Crippen LogP contribution in [0.2, 0.25) is 5.02 Å². The van der Waals surface area contributed by atoms with E-state index in [1.165, 1.54) is 47.0 Å². The number of benzene rings is 2. The largest absolute Gasteiger partial charge is 0.494 e. The van der Waals surface area contributed by atoms with Gasteiger partial charge in [-0.25, -0.2) is 13.4 Å². The van der Waals surface area contributed by atoms with Crippen LogP contribution >= 0.6 is 22.9 Å². The van der Waals surface area contributed by atoms with Gasteiger partial charge in [-0.05, 0) is 50.2 Å². The van der Waals surface area contributed by atoms with Gasteiger partial charge in [-0.15, -0.1) is 0 Å². The molecule has 1 aromatic heterocycles. The van der Waals surface area contributed by atoms with Gasteiger partial charge < -0.3 is 9.47 Å². The van der Waals surface area contributed by atoms with Gasteiger partial charge in [0, 0.05) is 18.7 Å². The molecule has 32 heavy (non-hydrogen) atoms. The van der Waals surface area contributed by atoms with Crippen LogP contribution in [0.3, 0.4) is 0 Å². The summed E-state index contributed by atoms with van der Waals surface area (Å²) in [6.45, 7) is 4.27. The third-order valence-electron chi connectivity index (χ3n) is 5.04. The Labute approximate surface area is 195 Å². The molecule has 0 spiro atoms. The van der Waals surface area contributed by atoms with Crippen molar-refractivity contribution in [1.82, 2.24) is 9.29 Å². The Bertz CT molecular complexity index is 1250. The highest BCUT2D eigenvalue weighted by molar-refractivity contribution is 7.89. The second-order valence-corrected chi connectivity index (χ2v) is 10.8. The minimum absolute atomic E-state index is 0.131. The number of morpholine rings is 1. The number of anilines is 1. The number of ether oxygens (including phenoxy) is 2. The van der Waals surface area contributed by atoms with E-state index < -0.39 is 15.9 Å². The molecular formula is C21H22ClN3O5S2. The van der Waals surface area contributed by atoms with E-state index in [4.69, 9.17) is 21.1 Å². The van der Waals surface area contributed by atoms with Crippen LogP contribution in [0.4, 0.5) is 5.13 Å². The van der Waals surface area contributed by atoms with Gasteiger partial charge in [-0.2, -0.15) is 4.31 Å². The molecule has 0 saturated carbocycles. The fourth-order valence-corrected chi connectivity index (χ4v) is 6.34. The van der Waals surface area contributed by atoms with Gasteiger partial charge in [0.05, 0.1) is 33.9 Å². The van der Waals surface area contributed by atoms with Gasteiger partial charge in [0.1, 0.15) is 11.3 Å². The monoisotopic (exact) mass is 495 g/mol. The smallest absolute Gasteiger partial charge is 0.257 e. The Balaban J connectivity index is 1.52. The Morgan fingerprint density at radius 3 is 2.47 bits per heavy atom. The summed E-state index contributed by atoms with van der Waals surface area (Å²) in [7, 11) is -2.14. The Kier molecular flexibility index (Phi) is 6.42. The lowest BCUT2D eigenvalue weighted by molar-refractivity contribution is -0.0440. The minimum atomic E-state index is -3.68. The van der Waals surface area contributed by atoms with Crippen molar-refractivity contribution in [3.05, 3.63) is 47.0 Å². The number of methoxy groups -OCH3 is 1. The number of hydrogen-bond acceptors (Lipinski definition) is 7. The molecule has 1 amide bonds. The lowest BCUT2D eigenvalue weighted by Gasteiger charge is -2.34. The molecular weight excluding hydrogens is 474 g/mol. The number of rotatable bonds is 5. The lowest BCUT2D eigenvalue weighted by atomic mass is 10.2. The van der Waals surface area contributed by atoms with E-state index in [9.17, 15) is 13.2 Å². The van der Waals surface area contributed by atoms with E-state index in [-0.39, 0.29) is 17.1 Å². The molecule has 1 fully saturated rings. The number of carbonyl (C=O) groups is 1. The van der Waals surface area contributed by atoms with Gasteiger partial charge in [0.25, 0.3) is 5.91 Å². The summed E-state index contributed by atoms with van der Waals surface area (Å²) in [6, 6.07) is 9.26. The second kappa shape index (κ2) is 8.95. The van der Waals surface area contributed by atoms with Gasteiger partial charge in [0.2, 0.25) is 10.0 Å².